The van der Waals surface area contributed by atoms with Crippen LogP contribution >= 0.6 is 11.8 Å². The van der Waals surface area contributed by atoms with Gasteiger partial charge in [0.25, 0.3) is 5.24 Å². The van der Waals surface area contributed by atoms with Gasteiger partial charge in [-0.25, -0.2) is 0 Å². The maximum atomic E-state index is 12.1. The third-order valence-electron chi connectivity index (χ3n) is 3.18. The monoisotopic (exact) mass is 249 g/mol. The number of hydrogen-bond acceptors (Lipinski definition) is 2. The van der Waals surface area contributed by atoms with Crippen molar-refractivity contribution in [3.05, 3.63) is 35.9 Å². The van der Waals surface area contributed by atoms with Gasteiger partial charge in [-0.05, 0) is 32.3 Å². The highest BCUT2D eigenvalue weighted by Gasteiger charge is 2.28. The normalized spacial score (nSPS) is 16.2. The highest BCUT2D eigenvalue weighted by Crippen LogP contribution is 2.37. The fraction of sp³-hybridized carbons (Fsp3) is 0.500. The number of benzene rings is 1. The lowest BCUT2D eigenvalue weighted by atomic mass is 10.0. The van der Waals surface area contributed by atoms with E-state index in [9.17, 15) is 4.79 Å². The summed E-state index contributed by atoms with van der Waals surface area (Å²) in [5.41, 5.74) is 1.21. The van der Waals surface area contributed by atoms with Crippen LogP contribution in [0.15, 0.2) is 30.3 Å². The van der Waals surface area contributed by atoms with E-state index in [0.717, 1.165) is 25.9 Å². The van der Waals surface area contributed by atoms with E-state index < -0.39 is 0 Å². The predicted octanol–water partition coefficient (Wildman–Crippen LogP) is 3.87. The zero-order valence-corrected chi connectivity index (χ0v) is 11.3. The van der Waals surface area contributed by atoms with Gasteiger partial charge in [-0.2, -0.15) is 0 Å². The van der Waals surface area contributed by atoms with Crippen LogP contribution in [0.25, 0.3) is 0 Å². The molecule has 0 saturated carbocycles. The first-order valence-corrected chi connectivity index (χ1v) is 6.95. The standard InChI is InChI=1S/C14H19NOS/c1-14(2,12-8-4-3-5-9-12)17-13(16)15-10-6-7-11-15/h3-5,8-9H,6-7,10-11H2,1-2H3. The van der Waals surface area contributed by atoms with E-state index in [0.29, 0.717) is 0 Å². The van der Waals surface area contributed by atoms with Gasteiger partial charge in [0.05, 0.1) is 0 Å². The molecular formula is C14H19NOS. The van der Waals surface area contributed by atoms with Crippen molar-refractivity contribution in [3.8, 4) is 0 Å². The van der Waals surface area contributed by atoms with E-state index in [2.05, 4.69) is 26.0 Å². The van der Waals surface area contributed by atoms with Crippen LogP contribution in [0.1, 0.15) is 32.3 Å². The second-order valence-electron chi connectivity index (χ2n) is 4.94. The summed E-state index contributed by atoms with van der Waals surface area (Å²) in [5.74, 6) is 0. The zero-order chi connectivity index (χ0) is 12.3. The maximum absolute atomic E-state index is 12.1. The van der Waals surface area contributed by atoms with Gasteiger partial charge < -0.3 is 4.90 Å². The zero-order valence-electron chi connectivity index (χ0n) is 10.5. The lowest BCUT2D eigenvalue weighted by molar-refractivity contribution is 0.233. The highest BCUT2D eigenvalue weighted by atomic mass is 32.2. The topological polar surface area (TPSA) is 20.3 Å². The third-order valence-corrected chi connectivity index (χ3v) is 4.35. The molecule has 0 spiro atoms. The molecule has 1 saturated heterocycles. The summed E-state index contributed by atoms with van der Waals surface area (Å²) >= 11 is 1.44. The molecule has 1 aromatic carbocycles. The Morgan fingerprint density at radius 2 is 1.76 bits per heavy atom. The van der Waals surface area contributed by atoms with Crippen LogP contribution in [-0.2, 0) is 4.75 Å². The smallest absolute Gasteiger partial charge is 0.282 e. The average Bonchev–Trinajstić information content (AvgIpc) is 2.83. The molecule has 1 aromatic rings. The van der Waals surface area contributed by atoms with Crippen LogP contribution < -0.4 is 0 Å². The predicted molar refractivity (Wildman–Crippen MR) is 73.3 cm³/mol. The third kappa shape index (κ3) is 3.03. The SMILES string of the molecule is CC(C)(SC(=O)N1CCCC1)c1ccccc1. The Balaban J connectivity index is 2.04. The van der Waals surface area contributed by atoms with Crippen LogP contribution in [0.4, 0.5) is 4.79 Å². The number of carbonyl (C=O) groups excluding carboxylic acids is 1. The van der Waals surface area contributed by atoms with E-state index in [1.807, 2.05) is 23.1 Å². The van der Waals surface area contributed by atoms with Gasteiger partial charge in [-0.3, -0.25) is 4.79 Å². The van der Waals surface area contributed by atoms with Gasteiger partial charge in [0.15, 0.2) is 0 Å². The van der Waals surface area contributed by atoms with E-state index in [-0.39, 0.29) is 9.99 Å². The minimum Gasteiger partial charge on any atom is -0.334 e. The van der Waals surface area contributed by atoms with Crippen LogP contribution in [0.3, 0.4) is 0 Å². The number of likely N-dealkylation sites (tertiary alicyclic amines) is 1. The van der Waals surface area contributed by atoms with Crippen molar-refractivity contribution < 1.29 is 4.79 Å². The Morgan fingerprint density at radius 3 is 2.35 bits per heavy atom. The summed E-state index contributed by atoms with van der Waals surface area (Å²) in [6.07, 6.45) is 2.30. The first-order chi connectivity index (χ1) is 8.09. The fourth-order valence-electron chi connectivity index (χ4n) is 2.08. The van der Waals surface area contributed by atoms with Crippen molar-refractivity contribution in [3.63, 3.8) is 0 Å². The number of amides is 1. The van der Waals surface area contributed by atoms with Crippen molar-refractivity contribution in [2.24, 2.45) is 0 Å². The van der Waals surface area contributed by atoms with Crippen LogP contribution in [0.5, 0.6) is 0 Å². The molecule has 0 bridgehead atoms. The van der Waals surface area contributed by atoms with E-state index in [1.165, 1.54) is 17.3 Å². The molecule has 0 aliphatic carbocycles. The molecule has 1 heterocycles. The van der Waals surface area contributed by atoms with Crippen LogP contribution in [0, 0.1) is 0 Å². The number of nitrogens with zero attached hydrogens (tertiary/aromatic N) is 1. The Bertz CT molecular complexity index is 382. The number of hydrogen-bond donors (Lipinski definition) is 0. The molecule has 0 N–H and O–H groups in total. The van der Waals surface area contributed by atoms with Gasteiger partial charge in [-0.15, -0.1) is 0 Å². The van der Waals surface area contributed by atoms with Crippen LogP contribution in [0.2, 0.25) is 0 Å². The van der Waals surface area contributed by atoms with Crippen molar-refractivity contribution in [2.75, 3.05) is 13.1 Å². The van der Waals surface area contributed by atoms with Gasteiger partial charge in [-0.1, -0.05) is 42.1 Å². The second kappa shape index (κ2) is 5.13. The van der Waals surface area contributed by atoms with Gasteiger partial charge in [0.1, 0.15) is 0 Å². The van der Waals surface area contributed by atoms with Crippen molar-refractivity contribution >= 4 is 17.0 Å². The maximum Gasteiger partial charge on any atom is 0.282 e. The first-order valence-electron chi connectivity index (χ1n) is 6.13. The Kier molecular flexibility index (Phi) is 3.77. The van der Waals surface area contributed by atoms with Gasteiger partial charge in [0, 0.05) is 17.8 Å². The molecule has 92 valence electrons. The molecule has 2 nitrogen and oxygen atoms in total. The van der Waals surface area contributed by atoms with Gasteiger partial charge in [0.2, 0.25) is 0 Å². The molecule has 0 aromatic heterocycles. The molecule has 3 heteroatoms. The molecule has 0 unspecified atom stereocenters. The van der Waals surface area contributed by atoms with E-state index in [4.69, 9.17) is 0 Å². The average molecular weight is 249 g/mol. The Labute approximate surface area is 107 Å². The van der Waals surface area contributed by atoms with Crippen LogP contribution in [-0.4, -0.2) is 23.2 Å². The first kappa shape index (κ1) is 12.5. The second-order valence-corrected chi connectivity index (χ2v) is 6.51. The lowest BCUT2D eigenvalue weighted by Gasteiger charge is -2.26. The molecule has 1 fully saturated rings. The summed E-state index contributed by atoms with van der Waals surface area (Å²) in [4.78, 5) is 14.1. The summed E-state index contributed by atoms with van der Waals surface area (Å²) in [5, 5.41) is 0.219. The van der Waals surface area contributed by atoms with Crippen molar-refractivity contribution in [1.29, 1.82) is 0 Å². The molecular weight excluding hydrogens is 230 g/mol. The minimum atomic E-state index is -0.152. The van der Waals surface area contributed by atoms with E-state index >= 15 is 0 Å². The quantitative estimate of drug-likeness (QED) is 0.793. The molecule has 0 atom stereocenters. The summed E-state index contributed by atoms with van der Waals surface area (Å²) in [7, 11) is 0. The van der Waals surface area contributed by atoms with Gasteiger partial charge >= 0.3 is 0 Å². The van der Waals surface area contributed by atoms with Crippen molar-refractivity contribution in [2.45, 2.75) is 31.4 Å². The van der Waals surface area contributed by atoms with Crippen molar-refractivity contribution in [1.82, 2.24) is 4.90 Å². The number of thioether (sulfide) groups is 1. The lowest BCUT2D eigenvalue weighted by Crippen LogP contribution is -2.27. The van der Waals surface area contributed by atoms with E-state index in [1.54, 1.807) is 0 Å². The Hall–Kier alpha value is -0.960. The highest BCUT2D eigenvalue weighted by molar-refractivity contribution is 8.14. The minimum absolute atomic E-state index is 0.152. The summed E-state index contributed by atoms with van der Waals surface area (Å²) < 4.78 is -0.152. The molecule has 1 aliphatic heterocycles. The molecule has 2 rings (SSSR count). The molecule has 1 aliphatic rings. The number of carbonyl (C=O) groups is 1. The summed E-state index contributed by atoms with van der Waals surface area (Å²) in [6.45, 7) is 6.08. The summed E-state index contributed by atoms with van der Waals surface area (Å²) in [6, 6.07) is 10.2. The fourth-order valence-corrected chi connectivity index (χ4v) is 3.08. The number of rotatable bonds is 2. The molecule has 17 heavy (non-hydrogen) atoms. The largest absolute Gasteiger partial charge is 0.334 e. The molecule has 0 radical (unpaired) electrons. The Morgan fingerprint density at radius 1 is 1.18 bits per heavy atom. The molecule has 1 amide bonds.